The van der Waals surface area contributed by atoms with Gasteiger partial charge in [-0.05, 0) is 32.1 Å². The van der Waals surface area contributed by atoms with E-state index in [2.05, 4.69) is 69.4 Å². The van der Waals surface area contributed by atoms with E-state index in [9.17, 15) is 0 Å². The van der Waals surface area contributed by atoms with Crippen molar-refractivity contribution in [1.29, 1.82) is 0 Å². The lowest BCUT2D eigenvalue weighted by Crippen LogP contribution is -2.53. The third-order valence-corrected chi connectivity index (χ3v) is 4.48. The Hall–Kier alpha value is -0.420. The van der Waals surface area contributed by atoms with Crippen LogP contribution in [0.5, 0.6) is 0 Å². The molecule has 1 fully saturated rings. The van der Waals surface area contributed by atoms with Gasteiger partial charge >= 0.3 is 0 Å². The first kappa shape index (κ1) is 15.0. The first-order chi connectivity index (χ1) is 9.15. The number of hydrogen-bond donors (Lipinski definition) is 1. The van der Waals surface area contributed by atoms with Gasteiger partial charge in [-0.15, -0.1) is 0 Å². The lowest BCUT2D eigenvalue weighted by atomic mass is 10.1. The molecule has 0 aromatic heterocycles. The van der Waals surface area contributed by atoms with Crippen molar-refractivity contribution in [1.82, 2.24) is 15.1 Å². The second kappa shape index (κ2) is 7.39. The van der Waals surface area contributed by atoms with Crippen LogP contribution in [0.15, 0.2) is 28.7 Å². The molecular formula is C15H24BrN3. The van der Waals surface area contributed by atoms with Crippen molar-refractivity contribution in [2.24, 2.45) is 0 Å². The van der Waals surface area contributed by atoms with E-state index in [4.69, 9.17) is 0 Å². The molecule has 3 nitrogen and oxygen atoms in total. The van der Waals surface area contributed by atoms with Crippen molar-refractivity contribution < 1.29 is 0 Å². The summed E-state index contributed by atoms with van der Waals surface area (Å²) in [5.41, 5.74) is 1.39. The lowest BCUT2D eigenvalue weighted by Gasteiger charge is -2.33. The summed E-state index contributed by atoms with van der Waals surface area (Å²) in [6.45, 7) is 5.65. The quantitative estimate of drug-likeness (QED) is 0.891. The van der Waals surface area contributed by atoms with Gasteiger partial charge in [0.15, 0.2) is 0 Å². The van der Waals surface area contributed by atoms with Gasteiger partial charge in [-0.3, -0.25) is 0 Å². The molecule has 1 aromatic carbocycles. The average molecular weight is 326 g/mol. The van der Waals surface area contributed by atoms with Crippen LogP contribution in [0.25, 0.3) is 0 Å². The smallest absolute Gasteiger partial charge is 0.0322 e. The summed E-state index contributed by atoms with van der Waals surface area (Å²) in [4.78, 5) is 4.83. The number of hydrogen-bond acceptors (Lipinski definition) is 3. The monoisotopic (exact) mass is 325 g/mol. The minimum Gasteiger partial charge on any atom is -0.310 e. The molecular weight excluding hydrogens is 302 g/mol. The maximum Gasteiger partial charge on any atom is 0.0322 e. The molecule has 1 unspecified atom stereocenters. The Bertz CT molecular complexity index is 397. The van der Waals surface area contributed by atoms with Crippen LogP contribution in [-0.2, 0) is 6.42 Å². The van der Waals surface area contributed by atoms with Gasteiger partial charge in [0.2, 0.25) is 0 Å². The Labute approximate surface area is 125 Å². The van der Waals surface area contributed by atoms with Crippen LogP contribution >= 0.6 is 15.9 Å². The van der Waals surface area contributed by atoms with E-state index in [0.29, 0.717) is 6.04 Å². The fourth-order valence-corrected chi connectivity index (χ4v) is 3.08. The maximum atomic E-state index is 3.62. The Morgan fingerprint density at radius 3 is 2.95 bits per heavy atom. The van der Waals surface area contributed by atoms with Gasteiger partial charge in [-0.2, -0.15) is 0 Å². The number of nitrogens with one attached hydrogen (secondary N) is 1. The van der Waals surface area contributed by atoms with Gasteiger partial charge in [0.25, 0.3) is 0 Å². The van der Waals surface area contributed by atoms with Crippen LogP contribution < -0.4 is 5.32 Å². The highest BCUT2D eigenvalue weighted by Crippen LogP contribution is 2.16. The molecule has 0 amide bonds. The second-order valence-corrected chi connectivity index (χ2v) is 6.37. The van der Waals surface area contributed by atoms with Crippen LogP contribution in [-0.4, -0.2) is 62.7 Å². The summed E-state index contributed by atoms with van der Waals surface area (Å²) in [5.74, 6) is 0. The van der Waals surface area contributed by atoms with E-state index in [1.165, 1.54) is 10.0 Å². The third kappa shape index (κ3) is 4.88. The minimum absolute atomic E-state index is 0.600. The lowest BCUT2D eigenvalue weighted by molar-refractivity contribution is 0.196. The van der Waals surface area contributed by atoms with E-state index in [0.717, 1.165) is 39.1 Å². The zero-order valence-electron chi connectivity index (χ0n) is 11.9. The fraction of sp³-hybridized carbons (Fsp3) is 0.600. The topological polar surface area (TPSA) is 18.5 Å². The number of nitrogens with zero attached hydrogens (tertiary/aromatic N) is 2. The van der Waals surface area contributed by atoms with Crippen molar-refractivity contribution >= 4 is 15.9 Å². The Morgan fingerprint density at radius 1 is 1.42 bits per heavy atom. The summed E-state index contributed by atoms with van der Waals surface area (Å²) in [7, 11) is 4.42. The number of halogens is 1. The highest BCUT2D eigenvalue weighted by Gasteiger charge is 2.17. The normalized spacial score (nSPS) is 20.9. The SMILES string of the molecule is CN1CCNC(CN(C)CCc2ccccc2Br)C1. The van der Waals surface area contributed by atoms with Gasteiger partial charge < -0.3 is 15.1 Å². The molecule has 1 atom stereocenters. The highest BCUT2D eigenvalue weighted by atomic mass is 79.9. The van der Waals surface area contributed by atoms with Crippen molar-refractivity contribution in [2.45, 2.75) is 12.5 Å². The minimum atomic E-state index is 0.600. The first-order valence-electron chi connectivity index (χ1n) is 6.99. The summed E-state index contributed by atoms with van der Waals surface area (Å²) in [6, 6.07) is 9.09. The summed E-state index contributed by atoms with van der Waals surface area (Å²) >= 11 is 3.62. The van der Waals surface area contributed by atoms with Crippen molar-refractivity contribution in [2.75, 3.05) is 46.8 Å². The molecule has 1 aliphatic rings. The fourth-order valence-electron chi connectivity index (χ4n) is 2.59. The first-order valence-corrected chi connectivity index (χ1v) is 7.78. The molecule has 1 N–H and O–H groups in total. The molecule has 1 heterocycles. The van der Waals surface area contributed by atoms with Gasteiger partial charge in [0, 0.05) is 43.2 Å². The molecule has 0 radical (unpaired) electrons. The molecule has 2 rings (SSSR count). The van der Waals surface area contributed by atoms with Crippen molar-refractivity contribution in [3.8, 4) is 0 Å². The Kier molecular flexibility index (Phi) is 5.82. The summed E-state index contributed by atoms with van der Waals surface area (Å²) in [5, 5.41) is 3.60. The van der Waals surface area contributed by atoms with E-state index in [1.807, 2.05) is 0 Å². The predicted molar refractivity (Wildman–Crippen MR) is 84.6 cm³/mol. The predicted octanol–water partition coefficient (Wildman–Crippen LogP) is 1.83. The molecule has 0 bridgehead atoms. The van der Waals surface area contributed by atoms with Gasteiger partial charge in [-0.1, -0.05) is 34.1 Å². The molecule has 0 spiro atoms. The standard InChI is InChI=1S/C15H24BrN3/c1-18(11-14-12-19(2)10-8-17-14)9-7-13-5-3-4-6-15(13)16/h3-6,14,17H,7-12H2,1-2H3. The molecule has 1 aliphatic heterocycles. The molecule has 19 heavy (non-hydrogen) atoms. The number of rotatable bonds is 5. The summed E-state index contributed by atoms with van der Waals surface area (Å²) in [6.07, 6.45) is 1.10. The zero-order chi connectivity index (χ0) is 13.7. The molecule has 4 heteroatoms. The molecule has 0 aliphatic carbocycles. The molecule has 1 saturated heterocycles. The van der Waals surface area contributed by atoms with E-state index in [1.54, 1.807) is 0 Å². The zero-order valence-corrected chi connectivity index (χ0v) is 13.5. The number of benzene rings is 1. The Morgan fingerprint density at radius 2 is 2.21 bits per heavy atom. The number of likely N-dealkylation sites (N-methyl/N-ethyl adjacent to an activating group) is 2. The van der Waals surface area contributed by atoms with E-state index in [-0.39, 0.29) is 0 Å². The molecule has 106 valence electrons. The highest BCUT2D eigenvalue weighted by molar-refractivity contribution is 9.10. The van der Waals surface area contributed by atoms with Crippen LogP contribution in [0, 0.1) is 0 Å². The van der Waals surface area contributed by atoms with E-state index >= 15 is 0 Å². The van der Waals surface area contributed by atoms with Crippen molar-refractivity contribution in [3.63, 3.8) is 0 Å². The summed E-state index contributed by atoms with van der Waals surface area (Å²) < 4.78 is 1.22. The molecule has 1 aromatic rings. The Balaban J connectivity index is 1.75. The largest absolute Gasteiger partial charge is 0.310 e. The van der Waals surface area contributed by atoms with Crippen LogP contribution in [0.1, 0.15) is 5.56 Å². The van der Waals surface area contributed by atoms with Crippen LogP contribution in [0.2, 0.25) is 0 Å². The molecule has 0 saturated carbocycles. The average Bonchev–Trinajstić information content (AvgIpc) is 2.38. The second-order valence-electron chi connectivity index (χ2n) is 5.52. The van der Waals surface area contributed by atoms with E-state index < -0.39 is 0 Å². The number of piperazine rings is 1. The van der Waals surface area contributed by atoms with Crippen LogP contribution in [0.4, 0.5) is 0 Å². The van der Waals surface area contributed by atoms with Crippen molar-refractivity contribution in [3.05, 3.63) is 34.3 Å². The van der Waals surface area contributed by atoms with Gasteiger partial charge in [0.1, 0.15) is 0 Å². The van der Waals surface area contributed by atoms with Gasteiger partial charge in [-0.25, -0.2) is 0 Å². The maximum absolute atomic E-state index is 3.62. The van der Waals surface area contributed by atoms with Gasteiger partial charge in [0.05, 0.1) is 0 Å². The van der Waals surface area contributed by atoms with Crippen LogP contribution in [0.3, 0.4) is 0 Å². The third-order valence-electron chi connectivity index (χ3n) is 3.71.